The summed E-state index contributed by atoms with van der Waals surface area (Å²) in [5.74, 6) is 2.24. The van der Waals surface area contributed by atoms with Crippen molar-refractivity contribution in [1.29, 1.82) is 0 Å². The molecule has 2 amide bonds. The number of fused-ring (bicyclic) bond motifs is 3. The number of methoxy groups -OCH3 is 2. The van der Waals surface area contributed by atoms with Crippen molar-refractivity contribution in [3.05, 3.63) is 57.4 Å². The summed E-state index contributed by atoms with van der Waals surface area (Å²) in [5.41, 5.74) is 3.39. The smallest absolute Gasteiger partial charge is 0.262 e. The van der Waals surface area contributed by atoms with Gasteiger partial charge in [0.15, 0.2) is 17.3 Å². The zero-order valence-electron chi connectivity index (χ0n) is 23.3. The first-order valence-electron chi connectivity index (χ1n) is 13.2. The minimum atomic E-state index is -0.878. The monoisotopic (exact) mass is 608 g/mol. The number of aryl methyl sites for hydroxylation is 1. The second-order valence-electron chi connectivity index (χ2n) is 10.4. The molecule has 1 aliphatic heterocycles. The summed E-state index contributed by atoms with van der Waals surface area (Å²) >= 11 is 3.61. The molecule has 2 aromatic carbocycles. The van der Waals surface area contributed by atoms with E-state index in [1.165, 1.54) is 4.90 Å². The van der Waals surface area contributed by atoms with Gasteiger partial charge in [-0.25, -0.2) is 9.97 Å². The van der Waals surface area contributed by atoms with Crippen LogP contribution in [0.5, 0.6) is 11.5 Å². The first-order valence-corrected chi connectivity index (χ1v) is 14.0. The number of imide groups is 1. The Balaban J connectivity index is 1.29. The average molecular weight is 610 g/mol. The van der Waals surface area contributed by atoms with Crippen LogP contribution in [0.4, 0.5) is 0 Å². The van der Waals surface area contributed by atoms with Crippen molar-refractivity contribution in [2.45, 2.75) is 39.0 Å². The van der Waals surface area contributed by atoms with Crippen LogP contribution in [-0.2, 0) is 16.6 Å². The van der Waals surface area contributed by atoms with E-state index in [0.717, 1.165) is 34.5 Å². The van der Waals surface area contributed by atoms with Crippen molar-refractivity contribution in [2.75, 3.05) is 33.9 Å². The fourth-order valence-corrected chi connectivity index (χ4v) is 5.67. The molecule has 0 atom stereocenters. The van der Waals surface area contributed by atoms with Crippen LogP contribution in [0.25, 0.3) is 22.6 Å². The number of nitrogens with zero attached hydrogens (tertiary/aromatic N) is 3. The van der Waals surface area contributed by atoms with Crippen molar-refractivity contribution in [1.82, 2.24) is 30.2 Å². The molecule has 0 spiro atoms. The van der Waals surface area contributed by atoms with Crippen molar-refractivity contribution < 1.29 is 19.1 Å². The molecular weight excluding hydrogens is 576 g/mol. The summed E-state index contributed by atoms with van der Waals surface area (Å²) in [6, 6.07) is 7.73. The summed E-state index contributed by atoms with van der Waals surface area (Å²) in [5, 5.41) is 3.42. The van der Waals surface area contributed by atoms with Crippen LogP contribution in [-0.4, -0.2) is 70.5 Å². The highest BCUT2D eigenvalue weighted by Crippen LogP contribution is 2.41. The normalized spacial score (nSPS) is 14.6. The first-order chi connectivity index (χ1) is 19.1. The third-order valence-corrected chi connectivity index (χ3v) is 7.97. The van der Waals surface area contributed by atoms with Gasteiger partial charge in [0.1, 0.15) is 17.0 Å². The standard InChI is InChI=1S/C29H33BrN6O4/c1-16-32-15-20(33-16)26-34-24-19(30)14-18-23(25(24)35-26)27(37)36(28(38)29(18,2)3)12-6-10-31-11-9-17-7-8-21(39-4)22(13-17)40-5/h7-8,13-15,31H,6,9-12H2,1-5H3,(H,32,33)(H,34,35). The highest BCUT2D eigenvalue weighted by atomic mass is 79.9. The Morgan fingerprint density at radius 2 is 1.85 bits per heavy atom. The number of aromatic amines is 2. The molecule has 40 heavy (non-hydrogen) atoms. The predicted molar refractivity (Wildman–Crippen MR) is 156 cm³/mol. The Morgan fingerprint density at radius 3 is 2.55 bits per heavy atom. The van der Waals surface area contributed by atoms with Crippen LogP contribution in [0.3, 0.4) is 0 Å². The van der Waals surface area contributed by atoms with Crippen molar-refractivity contribution >= 4 is 38.8 Å². The maximum atomic E-state index is 13.8. The van der Waals surface area contributed by atoms with Crippen LogP contribution >= 0.6 is 15.9 Å². The van der Waals surface area contributed by atoms with Crippen molar-refractivity contribution in [2.24, 2.45) is 0 Å². The van der Waals surface area contributed by atoms with Gasteiger partial charge in [0.05, 0.1) is 36.9 Å². The van der Waals surface area contributed by atoms with Gasteiger partial charge in [-0.2, -0.15) is 0 Å². The van der Waals surface area contributed by atoms with E-state index in [-0.39, 0.29) is 11.8 Å². The van der Waals surface area contributed by atoms with E-state index in [4.69, 9.17) is 14.5 Å². The van der Waals surface area contributed by atoms with Crippen molar-refractivity contribution in [3.8, 4) is 23.0 Å². The zero-order valence-corrected chi connectivity index (χ0v) is 24.9. The molecule has 5 rings (SSSR count). The molecule has 0 radical (unpaired) electrons. The third kappa shape index (κ3) is 4.99. The van der Waals surface area contributed by atoms with Gasteiger partial charge < -0.3 is 24.8 Å². The fourth-order valence-electron chi connectivity index (χ4n) is 5.15. The van der Waals surface area contributed by atoms with Crippen LogP contribution in [0, 0.1) is 6.92 Å². The van der Waals surface area contributed by atoms with Crippen molar-refractivity contribution in [3.63, 3.8) is 0 Å². The number of aromatic nitrogens is 4. The largest absolute Gasteiger partial charge is 0.493 e. The zero-order chi connectivity index (χ0) is 28.6. The molecule has 2 aromatic heterocycles. The Morgan fingerprint density at radius 1 is 1.07 bits per heavy atom. The topological polar surface area (TPSA) is 125 Å². The predicted octanol–water partition coefficient (Wildman–Crippen LogP) is 4.52. The quantitative estimate of drug-likeness (QED) is 0.178. The van der Waals surface area contributed by atoms with Crippen LogP contribution in [0.2, 0.25) is 0 Å². The third-order valence-electron chi connectivity index (χ3n) is 7.36. The molecule has 0 saturated heterocycles. The number of rotatable bonds is 10. The van der Waals surface area contributed by atoms with Gasteiger partial charge in [0, 0.05) is 11.0 Å². The Labute approximate surface area is 241 Å². The van der Waals surface area contributed by atoms with E-state index < -0.39 is 5.41 Å². The molecule has 0 unspecified atom stereocenters. The Kier molecular flexibility index (Phi) is 7.70. The number of hydrogen-bond acceptors (Lipinski definition) is 7. The fraction of sp³-hybridized carbons (Fsp3) is 0.379. The lowest BCUT2D eigenvalue weighted by atomic mass is 9.76. The number of ether oxygens (including phenoxy) is 2. The second kappa shape index (κ2) is 11.1. The minimum Gasteiger partial charge on any atom is -0.493 e. The average Bonchev–Trinajstić information content (AvgIpc) is 3.58. The number of imidazole rings is 2. The molecule has 0 bridgehead atoms. The van der Waals surface area contributed by atoms with E-state index in [1.807, 2.05) is 45.0 Å². The van der Waals surface area contributed by atoms with Crippen LogP contribution < -0.4 is 14.8 Å². The summed E-state index contributed by atoms with van der Waals surface area (Å²) in [7, 11) is 3.24. The van der Waals surface area contributed by atoms with Gasteiger partial charge >= 0.3 is 0 Å². The molecule has 3 heterocycles. The summed E-state index contributed by atoms with van der Waals surface area (Å²) < 4.78 is 11.4. The number of nitrogens with one attached hydrogen (secondary N) is 3. The van der Waals surface area contributed by atoms with E-state index in [0.29, 0.717) is 59.0 Å². The number of H-pyrrole nitrogens is 2. The molecule has 11 heteroatoms. The van der Waals surface area contributed by atoms with Gasteiger partial charge in [-0.3, -0.25) is 14.5 Å². The first kappa shape index (κ1) is 27.9. The molecule has 1 aliphatic rings. The van der Waals surface area contributed by atoms with Gasteiger partial charge in [0.2, 0.25) is 5.91 Å². The van der Waals surface area contributed by atoms with E-state index in [1.54, 1.807) is 20.4 Å². The molecular formula is C29H33BrN6O4. The van der Waals surface area contributed by atoms with Crippen LogP contribution in [0.15, 0.2) is 34.9 Å². The SMILES string of the molecule is COc1ccc(CCNCCCN2C(=O)c3c(cc(Br)c4nc(-c5cnc(C)[nH]5)[nH]c34)C(C)(C)C2=O)cc1OC. The number of benzene rings is 2. The van der Waals surface area contributed by atoms with Gasteiger partial charge in [0.25, 0.3) is 5.91 Å². The second-order valence-corrected chi connectivity index (χ2v) is 11.3. The summed E-state index contributed by atoms with van der Waals surface area (Å²) in [4.78, 5) is 44.2. The molecule has 3 N–H and O–H groups in total. The molecule has 210 valence electrons. The molecule has 4 aromatic rings. The number of hydrogen-bond donors (Lipinski definition) is 3. The number of amides is 2. The summed E-state index contributed by atoms with van der Waals surface area (Å²) in [6.07, 6.45) is 3.15. The lowest BCUT2D eigenvalue weighted by molar-refractivity contribution is -0.134. The highest BCUT2D eigenvalue weighted by molar-refractivity contribution is 9.10. The van der Waals surface area contributed by atoms with E-state index in [2.05, 4.69) is 36.2 Å². The lowest BCUT2D eigenvalue weighted by Crippen LogP contribution is -2.52. The van der Waals surface area contributed by atoms with E-state index in [9.17, 15) is 9.59 Å². The van der Waals surface area contributed by atoms with E-state index >= 15 is 0 Å². The summed E-state index contributed by atoms with van der Waals surface area (Å²) in [6.45, 7) is 7.34. The van der Waals surface area contributed by atoms with Gasteiger partial charge in [-0.05, 0) is 92.0 Å². The molecule has 10 nitrogen and oxygen atoms in total. The minimum absolute atomic E-state index is 0.203. The van der Waals surface area contributed by atoms with Crippen LogP contribution in [0.1, 0.15) is 47.6 Å². The molecule has 0 saturated carbocycles. The Hall–Kier alpha value is -3.70. The molecule has 0 aliphatic carbocycles. The van der Waals surface area contributed by atoms with Gasteiger partial charge in [-0.15, -0.1) is 0 Å². The Bertz CT molecular complexity index is 1590. The number of halogens is 1. The number of carbonyl (C=O) groups is 2. The van der Waals surface area contributed by atoms with Gasteiger partial charge in [-0.1, -0.05) is 6.07 Å². The highest BCUT2D eigenvalue weighted by Gasteiger charge is 2.45. The maximum absolute atomic E-state index is 13.8. The number of carbonyl (C=O) groups excluding carboxylic acids is 2. The molecule has 0 fully saturated rings. The lowest BCUT2D eigenvalue weighted by Gasteiger charge is -2.37. The maximum Gasteiger partial charge on any atom is 0.262 e.